The zero-order chi connectivity index (χ0) is 38.1. The van der Waals surface area contributed by atoms with Crippen LogP contribution in [0.15, 0.2) is 97.7 Å². The molecule has 0 atom stereocenters. The molecule has 52 heavy (non-hydrogen) atoms. The second kappa shape index (κ2) is 14.7. The quantitative estimate of drug-likeness (QED) is 0.0773. The summed E-state index contributed by atoms with van der Waals surface area (Å²) in [5.41, 5.74) is 1.37. The number of sulfone groups is 1. The number of aryl methyl sites for hydroxylation is 1. The maximum atomic E-state index is 12.6. The lowest BCUT2D eigenvalue weighted by Gasteiger charge is -2.11. The van der Waals surface area contributed by atoms with E-state index in [1.165, 1.54) is 48.5 Å². The van der Waals surface area contributed by atoms with Gasteiger partial charge in [0, 0.05) is 22.1 Å². The minimum atomic E-state index is -4.85. The molecular weight excluding hydrogens is 790 g/mol. The second-order valence-corrected chi connectivity index (χ2v) is 16.9. The third-order valence-electron chi connectivity index (χ3n) is 6.83. The fraction of sp³-hybridized carbons (Fsp3) is 0.107. The number of nitrogens with one attached hydrogen (secondary N) is 2. The second-order valence-electron chi connectivity index (χ2n) is 10.5. The molecule has 4 aromatic carbocycles. The molecule has 24 heteroatoms. The van der Waals surface area contributed by atoms with Gasteiger partial charge < -0.3 is 10.6 Å². The lowest BCUT2D eigenvalue weighted by Crippen LogP contribution is -2.15. The molecular formula is C28H24ClN7O12S4. The number of hydrogen-bond acceptors (Lipinski definition) is 16. The van der Waals surface area contributed by atoms with E-state index in [1.807, 2.05) is 0 Å². The van der Waals surface area contributed by atoms with Crippen LogP contribution in [0.3, 0.4) is 0 Å². The van der Waals surface area contributed by atoms with Gasteiger partial charge in [-0.15, -0.1) is 0 Å². The Labute approximate surface area is 301 Å². The van der Waals surface area contributed by atoms with Crippen molar-refractivity contribution in [3.63, 3.8) is 0 Å². The van der Waals surface area contributed by atoms with Crippen molar-refractivity contribution in [2.45, 2.75) is 21.6 Å². The van der Waals surface area contributed by atoms with E-state index in [2.05, 4.69) is 40.0 Å². The van der Waals surface area contributed by atoms with Crippen LogP contribution in [0.2, 0.25) is 5.28 Å². The van der Waals surface area contributed by atoms with Gasteiger partial charge in [-0.25, -0.2) is 12.6 Å². The highest BCUT2D eigenvalue weighted by Gasteiger charge is 2.22. The zero-order valence-electron chi connectivity index (χ0n) is 26.1. The zero-order valence-corrected chi connectivity index (χ0v) is 30.1. The first-order valence-electron chi connectivity index (χ1n) is 14.1. The SMILES string of the molecule is Cc1cc(Nc2nc(Cl)nc(Nc3cccc(S(=O)(=O)CCOS(=O)(=O)O)c3)n2)ccc1N=Nc1cc(S(=O)(=O)O)c2cccc(S(=O)(=O)O)c2c1. The van der Waals surface area contributed by atoms with Crippen LogP contribution in [-0.2, 0) is 44.7 Å². The number of hydrogen-bond donors (Lipinski definition) is 5. The maximum Gasteiger partial charge on any atom is 0.397 e. The number of halogens is 1. The van der Waals surface area contributed by atoms with Crippen molar-refractivity contribution in [1.29, 1.82) is 0 Å². The summed E-state index contributed by atoms with van der Waals surface area (Å²) in [5, 5.41) is 13.3. The molecule has 0 aliphatic rings. The molecule has 0 spiro atoms. The standard InChI is InChI=1S/C28H24ClN7O12S4/c1-16-12-18(8-9-23(16)36-35-19-14-22-21(25(15-19)51(42,43)44)6-3-7-24(22)50(39,40)41)31-28-33-26(29)32-27(34-28)30-17-4-2-5-20(13-17)49(37,38)11-10-48-52(45,46)47/h2-9,12-15H,10-11H2,1H3,(H,39,40,41)(H,42,43,44)(H,45,46,47)(H2,30,31,32,33,34). The number of fused-ring (bicyclic) bond motifs is 1. The molecule has 0 aliphatic carbocycles. The van der Waals surface area contributed by atoms with Gasteiger partial charge in [-0.2, -0.15) is 50.4 Å². The summed E-state index contributed by atoms with van der Waals surface area (Å²) < 4.78 is 127. The molecule has 5 rings (SSSR count). The fourth-order valence-corrected chi connectivity index (χ4v) is 7.73. The summed E-state index contributed by atoms with van der Waals surface area (Å²) in [6.07, 6.45) is 0. The van der Waals surface area contributed by atoms with Crippen LogP contribution in [0.5, 0.6) is 0 Å². The van der Waals surface area contributed by atoms with E-state index in [0.29, 0.717) is 16.9 Å². The number of anilines is 4. The predicted octanol–water partition coefficient (Wildman–Crippen LogP) is 4.98. The van der Waals surface area contributed by atoms with Gasteiger partial charge in [0.1, 0.15) is 9.79 Å². The Morgan fingerprint density at radius 2 is 1.35 bits per heavy atom. The summed E-state index contributed by atoms with van der Waals surface area (Å²) >= 11 is 6.10. The Bertz CT molecular complexity index is 2700. The smallest absolute Gasteiger partial charge is 0.324 e. The Kier molecular flexibility index (Phi) is 10.9. The molecule has 5 aromatic rings. The van der Waals surface area contributed by atoms with E-state index in [-0.39, 0.29) is 44.2 Å². The van der Waals surface area contributed by atoms with Crippen LogP contribution in [0.1, 0.15) is 5.56 Å². The number of nitrogens with zero attached hydrogens (tertiary/aromatic N) is 5. The first-order chi connectivity index (χ1) is 24.2. The number of aromatic nitrogens is 3. The molecule has 0 aliphatic heterocycles. The van der Waals surface area contributed by atoms with Crippen molar-refractivity contribution < 1.29 is 51.5 Å². The van der Waals surface area contributed by atoms with E-state index >= 15 is 0 Å². The van der Waals surface area contributed by atoms with Crippen molar-refractivity contribution in [3.8, 4) is 0 Å². The Morgan fingerprint density at radius 1 is 0.712 bits per heavy atom. The third kappa shape index (κ3) is 9.78. The molecule has 0 radical (unpaired) electrons. The summed E-state index contributed by atoms with van der Waals surface area (Å²) in [5.74, 6) is -0.839. The van der Waals surface area contributed by atoms with Crippen molar-refractivity contribution in [2.75, 3.05) is 23.0 Å². The van der Waals surface area contributed by atoms with Crippen LogP contribution in [0, 0.1) is 6.92 Å². The minimum Gasteiger partial charge on any atom is -0.324 e. The molecule has 1 heterocycles. The van der Waals surface area contributed by atoms with Crippen molar-refractivity contribution >= 4 is 97.5 Å². The molecule has 0 amide bonds. The predicted molar refractivity (Wildman–Crippen MR) is 186 cm³/mol. The Balaban J connectivity index is 1.35. The van der Waals surface area contributed by atoms with E-state index in [4.69, 9.17) is 16.2 Å². The number of azo groups is 1. The molecule has 0 unspecified atom stereocenters. The largest absolute Gasteiger partial charge is 0.397 e. The molecule has 0 fully saturated rings. The maximum absolute atomic E-state index is 12.6. The van der Waals surface area contributed by atoms with Crippen LogP contribution in [0.4, 0.5) is 34.6 Å². The van der Waals surface area contributed by atoms with Gasteiger partial charge in [0.25, 0.3) is 20.2 Å². The molecule has 5 N–H and O–H groups in total. The van der Waals surface area contributed by atoms with Gasteiger partial charge in [-0.05, 0) is 78.7 Å². The molecule has 274 valence electrons. The average Bonchev–Trinajstić information content (AvgIpc) is 3.02. The van der Waals surface area contributed by atoms with Gasteiger partial charge in [-0.3, -0.25) is 13.7 Å². The number of benzene rings is 4. The highest BCUT2D eigenvalue weighted by atomic mass is 35.5. The fourth-order valence-electron chi connectivity index (χ4n) is 4.62. The number of rotatable bonds is 13. The van der Waals surface area contributed by atoms with Crippen molar-refractivity contribution in [1.82, 2.24) is 15.0 Å². The van der Waals surface area contributed by atoms with E-state index in [9.17, 15) is 42.8 Å². The van der Waals surface area contributed by atoms with Crippen molar-refractivity contribution in [2.24, 2.45) is 10.2 Å². The van der Waals surface area contributed by atoms with Gasteiger partial charge in [0.15, 0.2) is 9.84 Å². The van der Waals surface area contributed by atoms with Gasteiger partial charge in [-0.1, -0.05) is 18.2 Å². The Hall–Kier alpha value is -4.72. The van der Waals surface area contributed by atoms with Gasteiger partial charge >= 0.3 is 10.4 Å². The first kappa shape index (κ1) is 38.5. The van der Waals surface area contributed by atoms with E-state index in [0.717, 1.165) is 12.1 Å². The molecule has 0 bridgehead atoms. The summed E-state index contributed by atoms with van der Waals surface area (Å²) in [6, 6.07) is 15.8. The van der Waals surface area contributed by atoms with E-state index < -0.39 is 62.6 Å². The lowest BCUT2D eigenvalue weighted by molar-refractivity contribution is 0.284. The summed E-state index contributed by atoms with van der Waals surface area (Å²) in [7, 11) is -18.5. The normalized spacial score (nSPS) is 12.7. The average molecular weight is 814 g/mol. The van der Waals surface area contributed by atoms with Crippen molar-refractivity contribution in [3.05, 3.63) is 83.6 Å². The Morgan fingerprint density at radius 3 is 1.96 bits per heavy atom. The topological polar surface area (TPSA) is 294 Å². The summed E-state index contributed by atoms with van der Waals surface area (Å²) in [4.78, 5) is 10.8. The first-order valence-corrected chi connectivity index (χ1v) is 20.4. The van der Waals surface area contributed by atoms with Crippen LogP contribution in [-0.4, -0.2) is 74.6 Å². The molecule has 19 nitrogen and oxygen atoms in total. The third-order valence-corrected chi connectivity index (χ3v) is 10.9. The minimum absolute atomic E-state index is 0.0223. The highest BCUT2D eigenvalue weighted by Crippen LogP contribution is 2.34. The molecule has 1 aromatic heterocycles. The van der Waals surface area contributed by atoms with Crippen LogP contribution >= 0.6 is 11.6 Å². The lowest BCUT2D eigenvalue weighted by atomic mass is 10.1. The monoisotopic (exact) mass is 813 g/mol. The molecule has 0 saturated heterocycles. The van der Waals surface area contributed by atoms with E-state index in [1.54, 1.807) is 19.1 Å². The summed E-state index contributed by atoms with van der Waals surface area (Å²) in [6.45, 7) is 0.867. The highest BCUT2D eigenvalue weighted by molar-refractivity contribution is 7.91. The van der Waals surface area contributed by atoms with Crippen LogP contribution < -0.4 is 10.6 Å². The molecule has 0 saturated carbocycles. The van der Waals surface area contributed by atoms with Crippen LogP contribution in [0.25, 0.3) is 10.8 Å². The van der Waals surface area contributed by atoms with Gasteiger partial charge in [0.2, 0.25) is 17.2 Å². The van der Waals surface area contributed by atoms with Gasteiger partial charge in [0.05, 0.1) is 28.6 Å².